The molecule has 1 amide bonds. The van der Waals surface area contributed by atoms with Crippen LogP contribution >= 0.6 is 34.8 Å². The highest BCUT2D eigenvalue weighted by molar-refractivity contribution is 14.1. The van der Waals surface area contributed by atoms with Gasteiger partial charge in [-0.05, 0) is 48.3 Å². The molecule has 1 N–H and O–H groups in total. The maximum Gasteiger partial charge on any atom is 0.225 e. The molecule has 0 aliphatic carbocycles. The molecule has 1 aliphatic heterocycles. The number of thiocarbonyl (C=S) groups is 1. The van der Waals surface area contributed by atoms with Crippen molar-refractivity contribution in [3.8, 4) is 0 Å². The lowest BCUT2D eigenvalue weighted by atomic mass is 9.84. The van der Waals surface area contributed by atoms with Crippen molar-refractivity contribution < 1.29 is 4.79 Å². The zero-order valence-corrected chi connectivity index (χ0v) is 17.7. The zero-order valence-electron chi connectivity index (χ0n) is 14.7. The lowest BCUT2D eigenvalue weighted by Gasteiger charge is -2.36. The summed E-state index contributed by atoms with van der Waals surface area (Å²) in [7, 11) is 0. The largest absolute Gasteiger partial charge is 0.352 e. The fourth-order valence-corrected chi connectivity index (χ4v) is 2.27. The minimum absolute atomic E-state index is 0.269. The van der Waals surface area contributed by atoms with E-state index in [1.807, 2.05) is 22.6 Å². The number of allylic oxidation sites excluding steroid dienone is 2. The second-order valence-corrected chi connectivity index (χ2v) is 7.14. The highest BCUT2D eigenvalue weighted by Gasteiger charge is 2.36. The van der Waals surface area contributed by atoms with Crippen molar-refractivity contribution in [2.24, 2.45) is 5.92 Å². The molecule has 1 aliphatic rings. The van der Waals surface area contributed by atoms with Gasteiger partial charge >= 0.3 is 0 Å². The van der Waals surface area contributed by atoms with Gasteiger partial charge in [-0.15, -0.1) is 0 Å². The van der Waals surface area contributed by atoms with Crippen LogP contribution in [0.15, 0.2) is 12.2 Å². The number of nitrogens with one attached hydrogen (secondary N) is 1. The topological polar surface area (TPSA) is 29.1 Å². The molecule has 0 radical (unpaired) electrons. The van der Waals surface area contributed by atoms with E-state index in [1.54, 1.807) is 3.37 Å². The Morgan fingerprint density at radius 3 is 1.77 bits per heavy atom. The molecule has 0 aromatic heterocycles. The highest BCUT2D eigenvalue weighted by Crippen LogP contribution is 2.23. The minimum atomic E-state index is 0.269. The fraction of sp³-hybridized carbons (Fsp3) is 0.778. The van der Waals surface area contributed by atoms with Crippen molar-refractivity contribution in [1.29, 1.82) is 0 Å². The van der Waals surface area contributed by atoms with Crippen LogP contribution in [0, 0.1) is 5.92 Å². The molecule has 0 aromatic rings. The summed E-state index contributed by atoms with van der Waals surface area (Å²) in [6, 6.07) is 0.493. The summed E-state index contributed by atoms with van der Waals surface area (Å²) in [5.41, 5.74) is 0. The van der Waals surface area contributed by atoms with E-state index in [0.29, 0.717) is 12.0 Å². The van der Waals surface area contributed by atoms with Crippen molar-refractivity contribution in [2.75, 3.05) is 0 Å². The lowest BCUT2D eigenvalue weighted by Crippen LogP contribution is -2.57. The van der Waals surface area contributed by atoms with Gasteiger partial charge in [0, 0.05) is 9.42 Å². The third-order valence-electron chi connectivity index (χ3n) is 3.43. The van der Waals surface area contributed by atoms with Crippen LogP contribution in [0.2, 0.25) is 0 Å². The molecule has 22 heavy (non-hydrogen) atoms. The van der Waals surface area contributed by atoms with Gasteiger partial charge in [-0.2, -0.15) is 0 Å². The van der Waals surface area contributed by atoms with Gasteiger partial charge in [0.25, 0.3) is 0 Å². The Morgan fingerprint density at radius 2 is 1.45 bits per heavy atom. The Balaban J connectivity index is 0. The third kappa shape index (κ3) is 13.7. The van der Waals surface area contributed by atoms with Crippen LogP contribution < -0.4 is 5.32 Å². The second kappa shape index (κ2) is 19.1. The quantitative estimate of drug-likeness (QED) is 0.160. The lowest BCUT2D eigenvalue weighted by molar-refractivity contribution is -0.135. The number of carbonyl (C=O) groups excluding carboxylic acids is 1. The molecule has 0 saturated carbocycles. The van der Waals surface area contributed by atoms with Gasteiger partial charge in [0.15, 0.2) is 0 Å². The van der Waals surface area contributed by atoms with Gasteiger partial charge in [-0.3, -0.25) is 4.79 Å². The number of unbranched alkanes of at least 4 members (excludes halogenated alkanes) is 2. The summed E-state index contributed by atoms with van der Waals surface area (Å²) >= 11 is 6.23. The van der Waals surface area contributed by atoms with E-state index < -0.39 is 0 Å². The normalized spacial score (nSPS) is 19.2. The van der Waals surface area contributed by atoms with E-state index in [-0.39, 0.29) is 5.91 Å². The first-order chi connectivity index (χ1) is 10.6. The Labute approximate surface area is 157 Å². The van der Waals surface area contributed by atoms with Gasteiger partial charge < -0.3 is 5.32 Å². The second-order valence-electron chi connectivity index (χ2n) is 5.44. The molecule has 2 unspecified atom stereocenters. The fourth-order valence-electron chi connectivity index (χ4n) is 2.27. The standard InChI is InChI=1S/C9H17NO.C8H16.CHIS/c1-3-5-7-8(6-4-2)10-9(7)11;1-3-5-7-8-6-4-2;2-1-3/h7-8H,3-6H2,1-2H3,(H,10,11);7-8H,3-6H2,1-2H3;1H/b;8-7+;. The van der Waals surface area contributed by atoms with Crippen molar-refractivity contribution in [2.45, 2.75) is 85.1 Å². The number of hydrogen-bond donors (Lipinski definition) is 1. The van der Waals surface area contributed by atoms with Gasteiger partial charge in [0.05, 0.1) is 5.92 Å². The van der Waals surface area contributed by atoms with E-state index in [0.717, 1.165) is 19.3 Å². The van der Waals surface area contributed by atoms with Gasteiger partial charge in [0.2, 0.25) is 5.91 Å². The van der Waals surface area contributed by atoms with Gasteiger partial charge in [0.1, 0.15) is 0 Å². The van der Waals surface area contributed by atoms with Crippen LogP contribution in [0.25, 0.3) is 0 Å². The van der Waals surface area contributed by atoms with Crippen molar-refractivity contribution in [1.82, 2.24) is 5.32 Å². The number of amides is 1. The Morgan fingerprint density at radius 1 is 1.00 bits per heavy atom. The first-order valence-corrected chi connectivity index (χ1v) is 10.3. The summed E-state index contributed by atoms with van der Waals surface area (Å²) in [6.45, 7) is 8.70. The number of rotatable bonds is 8. The van der Waals surface area contributed by atoms with Crippen molar-refractivity contribution in [3.63, 3.8) is 0 Å². The molecule has 1 heterocycles. The van der Waals surface area contributed by atoms with E-state index in [4.69, 9.17) is 0 Å². The highest BCUT2D eigenvalue weighted by atomic mass is 127. The Hall–Kier alpha value is 0.0300. The minimum Gasteiger partial charge on any atom is -0.352 e. The first kappa shape index (κ1) is 24.3. The summed E-state index contributed by atoms with van der Waals surface area (Å²) in [6.07, 6.45) is 14.1. The maximum atomic E-state index is 11.0. The summed E-state index contributed by atoms with van der Waals surface area (Å²) in [5, 5.41) is 2.94. The third-order valence-corrected chi connectivity index (χ3v) is 3.43. The van der Waals surface area contributed by atoms with Crippen LogP contribution in [0.5, 0.6) is 0 Å². The number of hydrogen-bond acceptors (Lipinski definition) is 2. The van der Waals surface area contributed by atoms with Gasteiger partial charge in [-0.25, -0.2) is 0 Å². The number of carbonyl (C=O) groups is 1. The van der Waals surface area contributed by atoms with Crippen LogP contribution in [0.3, 0.4) is 0 Å². The van der Waals surface area contributed by atoms with Crippen LogP contribution in [0.4, 0.5) is 0 Å². The molecule has 130 valence electrons. The average molecular weight is 439 g/mol. The van der Waals surface area contributed by atoms with E-state index >= 15 is 0 Å². The van der Waals surface area contributed by atoms with Crippen LogP contribution in [0.1, 0.15) is 79.1 Å². The predicted molar refractivity (Wildman–Crippen MR) is 112 cm³/mol. The summed E-state index contributed by atoms with van der Waals surface area (Å²) in [4.78, 5) is 11.0. The van der Waals surface area contributed by atoms with E-state index in [9.17, 15) is 4.79 Å². The Bertz CT molecular complexity index is 287. The first-order valence-electron chi connectivity index (χ1n) is 8.61. The van der Waals surface area contributed by atoms with E-state index in [2.05, 4.69) is 57.4 Å². The Kier molecular flexibility index (Phi) is 21.1. The molecule has 0 bridgehead atoms. The molecular formula is C18H34INOS. The zero-order chi connectivity index (χ0) is 17.2. The van der Waals surface area contributed by atoms with Gasteiger partial charge in [-0.1, -0.05) is 77.7 Å². The monoisotopic (exact) mass is 439 g/mol. The molecule has 4 heteroatoms. The molecule has 0 aromatic carbocycles. The van der Waals surface area contributed by atoms with Crippen molar-refractivity contribution in [3.05, 3.63) is 12.2 Å². The summed E-state index contributed by atoms with van der Waals surface area (Å²) in [5.74, 6) is 0.602. The molecule has 2 atom stereocenters. The molecule has 1 fully saturated rings. The van der Waals surface area contributed by atoms with Crippen molar-refractivity contribution >= 4 is 44.1 Å². The van der Waals surface area contributed by atoms with Crippen LogP contribution in [-0.2, 0) is 4.79 Å². The predicted octanol–water partition coefficient (Wildman–Crippen LogP) is 6.22. The average Bonchev–Trinajstić information content (AvgIpc) is 2.51. The van der Waals surface area contributed by atoms with Crippen LogP contribution in [-0.4, -0.2) is 15.3 Å². The number of halogens is 1. The summed E-state index contributed by atoms with van der Waals surface area (Å²) < 4.78 is 1.55. The number of β-lactam (4-membered cyclic amide) rings is 1. The molecular weight excluding hydrogens is 405 g/mol. The SMILES string of the molecule is CCC/C=C/CCC.CCCC1NC(=O)C1CCC.S=CI. The molecule has 1 rings (SSSR count). The molecule has 2 nitrogen and oxygen atoms in total. The smallest absolute Gasteiger partial charge is 0.225 e. The molecule has 0 spiro atoms. The van der Waals surface area contributed by atoms with E-state index in [1.165, 1.54) is 32.1 Å². The maximum absolute atomic E-state index is 11.0. The molecule has 1 saturated heterocycles.